The molecule has 0 aliphatic heterocycles. The molecule has 1 amide bonds. The highest BCUT2D eigenvalue weighted by atomic mass is 16.5. The van der Waals surface area contributed by atoms with Gasteiger partial charge >= 0.3 is 5.97 Å². The molecule has 2 N–H and O–H groups in total. The predicted molar refractivity (Wildman–Crippen MR) is 92.6 cm³/mol. The number of rotatable bonds is 6. The third-order valence-electron chi connectivity index (χ3n) is 3.67. The Labute approximate surface area is 146 Å². The highest BCUT2D eigenvalue weighted by molar-refractivity contribution is 5.94. The molecule has 2 aromatic carbocycles. The van der Waals surface area contributed by atoms with Gasteiger partial charge in [-0.15, -0.1) is 0 Å². The van der Waals surface area contributed by atoms with Crippen LogP contribution in [0.2, 0.25) is 0 Å². The molecule has 1 atom stereocenters. The van der Waals surface area contributed by atoms with Gasteiger partial charge in [0.05, 0.1) is 7.11 Å². The summed E-state index contributed by atoms with van der Waals surface area (Å²) in [5.41, 5.74) is 1.65. The first kappa shape index (κ1) is 18.3. The second kappa shape index (κ2) is 8.19. The van der Waals surface area contributed by atoms with Crippen molar-refractivity contribution in [2.24, 2.45) is 0 Å². The van der Waals surface area contributed by atoms with Crippen molar-refractivity contribution in [1.29, 1.82) is 0 Å². The van der Waals surface area contributed by atoms with Gasteiger partial charge in [0, 0.05) is 12.1 Å². The van der Waals surface area contributed by atoms with Crippen LogP contribution in [0.5, 0.6) is 11.5 Å². The topological polar surface area (TPSA) is 84.9 Å². The van der Waals surface area contributed by atoms with Crippen molar-refractivity contribution in [1.82, 2.24) is 5.32 Å². The minimum absolute atomic E-state index is 0.0231. The van der Waals surface area contributed by atoms with E-state index in [1.54, 1.807) is 26.2 Å². The lowest BCUT2D eigenvalue weighted by Crippen LogP contribution is -2.35. The van der Waals surface area contributed by atoms with Crippen LogP contribution in [-0.2, 0) is 16.1 Å². The Hall–Kier alpha value is -3.02. The Bertz CT molecular complexity index is 772. The fourth-order valence-electron chi connectivity index (χ4n) is 2.27. The Balaban J connectivity index is 1.94. The standard InChI is InChI=1S/C19H21NO5/c1-12-8-9-15(16(21)10-12)19(23)25-13(2)18(22)20-11-14-6-4-5-7-17(14)24-3/h4-10,13,21H,11H2,1-3H3,(H,20,22)/t13-/m0/s1. The van der Waals surface area contributed by atoms with Gasteiger partial charge in [-0.1, -0.05) is 24.3 Å². The summed E-state index contributed by atoms with van der Waals surface area (Å²) in [6.07, 6.45) is -0.997. The molecule has 0 saturated heterocycles. The fourth-order valence-corrected chi connectivity index (χ4v) is 2.27. The van der Waals surface area contributed by atoms with E-state index in [1.807, 2.05) is 18.2 Å². The van der Waals surface area contributed by atoms with Crippen molar-refractivity contribution in [3.8, 4) is 11.5 Å². The Morgan fingerprint density at radius 2 is 1.92 bits per heavy atom. The molecule has 0 spiro atoms. The number of ether oxygens (including phenoxy) is 2. The monoisotopic (exact) mass is 343 g/mol. The quantitative estimate of drug-likeness (QED) is 0.788. The summed E-state index contributed by atoms with van der Waals surface area (Å²) in [6, 6.07) is 11.9. The van der Waals surface area contributed by atoms with Crippen molar-refractivity contribution < 1.29 is 24.2 Å². The number of phenols is 1. The maximum atomic E-state index is 12.1. The van der Waals surface area contributed by atoms with Gasteiger partial charge in [-0.3, -0.25) is 4.79 Å². The lowest BCUT2D eigenvalue weighted by molar-refractivity contribution is -0.129. The molecule has 0 saturated carbocycles. The lowest BCUT2D eigenvalue weighted by atomic mass is 10.1. The van der Waals surface area contributed by atoms with Crippen LogP contribution in [0.1, 0.15) is 28.4 Å². The van der Waals surface area contributed by atoms with Gasteiger partial charge in [0.1, 0.15) is 17.1 Å². The molecule has 0 bridgehead atoms. The lowest BCUT2D eigenvalue weighted by Gasteiger charge is -2.15. The molecule has 2 rings (SSSR count). The van der Waals surface area contributed by atoms with E-state index in [-0.39, 0.29) is 17.9 Å². The number of amides is 1. The number of carbonyl (C=O) groups is 2. The summed E-state index contributed by atoms with van der Waals surface area (Å²) in [7, 11) is 1.55. The molecular formula is C19H21NO5. The number of hydrogen-bond donors (Lipinski definition) is 2. The number of para-hydroxylation sites is 1. The second-order valence-corrected chi connectivity index (χ2v) is 5.60. The smallest absolute Gasteiger partial charge is 0.342 e. The van der Waals surface area contributed by atoms with Gasteiger partial charge in [0.2, 0.25) is 0 Å². The first-order valence-electron chi connectivity index (χ1n) is 7.82. The van der Waals surface area contributed by atoms with E-state index in [4.69, 9.17) is 9.47 Å². The summed E-state index contributed by atoms with van der Waals surface area (Å²) in [4.78, 5) is 24.2. The first-order valence-corrected chi connectivity index (χ1v) is 7.82. The number of esters is 1. The molecule has 2 aromatic rings. The van der Waals surface area contributed by atoms with Crippen LogP contribution in [0, 0.1) is 6.92 Å². The predicted octanol–water partition coefficient (Wildman–Crippen LogP) is 2.57. The number of methoxy groups -OCH3 is 1. The first-order chi connectivity index (χ1) is 11.9. The van der Waals surface area contributed by atoms with E-state index in [9.17, 15) is 14.7 Å². The van der Waals surface area contributed by atoms with Crippen molar-refractivity contribution in [2.75, 3.05) is 7.11 Å². The Morgan fingerprint density at radius 1 is 1.20 bits per heavy atom. The summed E-state index contributed by atoms with van der Waals surface area (Å²) in [5.74, 6) is -0.702. The maximum Gasteiger partial charge on any atom is 0.342 e. The molecule has 132 valence electrons. The number of aryl methyl sites for hydroxylation is 1. The van der Waals surface area contributed by atoms with Crippen LogP contribution < -0.4 is 10.1 Å². The van der Waals surface area contributed by atoms with Gasteiger partial charge in [0.25, 0.3) is 5.91 Å². The van der Waals surface area contributed by atoms with Crippen LogP contribution in [0.15, 0.2) is 42.5 Å². The highest BCUT2D eigenvalue weighted by Gasteiger charge is 2.21. The van der Waals surface area contributed by atoms with Crippen LogP contribution in [0.3, 0.4) is 0 Å². The van der Waals surface area contributed by atoms with E-state index >= 15 is 0 Å². The van der Waals surface area contributed by atoms with E-state index in [0.717, 1.165) is 11.1 Å². The van der Waals surface area contributed by atoms with E-state index in [2.05, 4.69) is 5.32 Å². The van der Waals surface area contributed by atoms with Crippen molar-refractivity contribution in [2.45, 2.75) is 26.5 Å². The maximum absolute atomic E-state index is 12.1. The number of aromatic hydroxyl groups is 1. The zero-order chi connectivity index (χ0) is 18.4. The number of nitrogens with one attached hydrogen (secondary N) is 1. The Kier molecular flexibility index (Phi) is 6.00. The molecule has 6 nitrogen and oxygen atoms in total. The van der Waals surface area contributed by atoms with Gasteiger partial charge in [-0.05, 0) is 37.6 Å². The fraction of sp³-hybridized carbons (Fsp3) is 0.263. The third-order valence-corrected chi connectivity index (χ3v) is 3.67. The van der Waals surface area contributed by atoms with Crippen LogP contribution in [-0.4, -0.2) is 30.2 Å². The SMILES string of the molecule is COc1ccccc1CNC(=O)[C@H](C)OC(=O)c1ccc(C)cc1O. The summed E-state index contributed by atoms with van der Waals surface area (Å²) >= 11 is 0. The van der Waals surface area contributed by atoms with Crippen LogP contribution in [0.4, 0.5) is 0 Å². The van der Waals surface area contributed by atoms with Gasteiger partial charge in [-0.2, -0.15) is 0 Å². The summed E-state index contributed by atoms with van der Waals surface area (Å²) < 4.78 is 10.3. The normalized spacial score (nSPS) is 11.5. The van der Waals surface area contributed by atoms with Crippen LogP contribution in [0.25, 0.3) is 0 Å². The highest BCUT2D eigenvalue weighted by Crippen LogP contribution is 2.20. The molecular weight excluding hydrogens is 322 g/mol. The third kappa shape index (κ3) is 4.73. The molecule has 0 aromatic heterocycles. The summed E-state index contributed by atoms with van der Waals surface area (Å²) in [5, 5.41) is 12.5. The molecule has 25 heavy (non-hydrogen) atoms. The molecule has 0 unspecified atom stereocenters. The number of phenolic OH excluding ortho intramolecular Hbond substituents is 1. The summed E-state index contributed by atoms with van der Waals surface area (Å²) in [6.45, 7) is 3.52. The second-order valence-electron chi connectivity index (χ2n) is 5.60. The van der Waals surface area contributed by atoms with E-state index in [1.165, 1.54) is 19.1 Å². The van der Waals surface area contributed by atoms with Gasteiger partial charge in [0.15, 0.2) is 6.10 Å². The average Bonchev–Trinajstić information content (AvgIpc) is 2.59. The minimum atomic E-state index is -0.997. The largest absolute Gasteiger partial charge is 0.507 e. The van der Waals surface area contributed by atoms with Crippen molar-refractivity contribution in [3.05, 3.63) is 59.2 Å². The van der Waals surface area contributed by atoms with Crippen molar-refractivity contribution in [3.63, 3.8) is 0 Å². The zero-order valence-electron chi connectivity index (χ0n) is 14.4. The molecule has 0 aliphatic rings. The van der Waals surface area contributed by atoms with Crippen LogP contribution >= 0.6 is 0 Å². The molecule has 0 radical (unpaired) electrons. The molecule has 6 heteroatoms. The molecule has 0 aliphatic carbocycles. The van der Waals surface area contributed by atoms with Gasteiger partial charge in [-0.25, -0.2) is 4.79 Å². The van der Waals surface area contributed by atoms with Crippen molar-refractivity contribution >= 4 is 11.9 Å². The van der Waals surface area contributed by atoms with Gasteiger partial charge < -0.3 is 19.9 Å². The van der Waals surface area contributed by atoms with E-state index in [0.29, 0.717) is 5.75 Å². The number of hydrogen-bond acceptors (Lipinski definition) is 5. The Morgan fingerprint density at radius 3 is 2.60 bits per heavy atom. The zero-order valence-corrected chi connectivity index (χ0v) is 14.4. The molecule has 0 heterocycles. The van der Waals surface area contributed by atoms with E-state index < -0.39 is 18.0 Å². The molecule has 0 fully saturated rings. The average molecular weight is 343 g/mol. The number of carbonyl (C=O) groups excluding carboxylic acids is 2. The number of benzene rings is 2. The minimum Gasteiger partial charge on any atom is -0.507 e.